The zero-order valence-corrected chi connectivity index (χ0v) is 15.9. The van der Waals surface area contributed by atoms with E-state index in [-0.39, 0.29) is 0 Å². The first kappa shape index (κ1) is 17.6. The Labute approximate surface area is 163 Å². The molecule has 4 rings (SSSR count). The number of nitrogens with zero attached hydrogens (tertiary/aromatic N) is 4. The number of hydrogen-bond acceptors (Lipinski definition) is 4. The highest BCUT2D eigenvalue weighted by Gasteiger charge is 2.10. The molecule has 136 valence electrons. The van der Waals surface area contributed by atoms with E-state index in [0.29, 0.717) is 0 Å². The van der Waals surface area contributed by atoms with Crippen LogP contribution in [0.25, 0.3) is 0 Å². The molecule has 0 aliphatic carbocycles. The minimum absolute atomic E-state index is 0.800. The van der Waals surface area contributed by atoms with E-state index in [1.807, 2.05) is 41.6 Å². The maximum atomic E-state index is 4.31. The largest absolute Gasteiger partial charge is 0.290 e. The zero-order chi connectivity index (χ0) is 18.3. The highest BCUT2D eigenvalue weighted by Crippen LogP contribution is 2.17. The monoisotopic (exact) mass is 374 g/mol. The van der Waals surface area contributed by atoms with Gasteiger partial charge < -0.3 is 0 Å². The van der Waals surface area contributed by atoms with Gasteiger partial charge in [0.05, 0.1) is 6.54 Å². The fourth-order valence-electron chi connectivity index (χ4n) is 3.22. The predicted molar refractivity (Wildman–Crippen MR) is 109 cm³/mol. The fourth-order valence-corrected chi connectivity index (χ4v) is 3.88. The maximum absolute atomic E-state index is 4.31. The Bertz CT molecular complexity index is 934. The van der Waals surface area contributed by atoms with Crippen LogP contribution in [0, 0.1) is 0 Å². The Balaban J connectivity index is 1.50. The molecule has 0 saturated carbocycles. The molecule has 0 aliphatic heterocycles. The van der Waals surface area contributed by atoms with E-state index in [4.69, 9.17) is 0 Å². The second kappa shape index (κ2) is 8.75. The van der Waals surface area contributed by atoms with E-state index in [9.17, 15) is 0 Å². The topological polar surface area (TPSA) is 34.0 Å². The molecule has 0 fully saturated rings. The van der Waals surface area contributed by atoms with Gasteiger partial charge in [0, 0.05) is 44.4 Å². The lowest BCUT2D eigenvalue weighted by Gasteiger charge is -2.22. The van der Waals surface area contributed by atoms with Gasteiger partial charge in [0.25, 0.3) is 0 Å². The van der Waals surface area contributed by atoms with Crippen LogP contribution in [-0.4, -0.2) is 19.7 Å². The molecular formula is C22H22N4S. The average molecular weight is 375 g/mol. The van der Waals surface area contributed by atoms with Crippen LogP contribution in [0.4, 0.5) is 0 Å². The molecule has 0 spiro atoms. The Hall–Kier alpha value is -2.76. The number of benzene rings is 1. The zero-order valence-electron chi connectivity index (χ0n) is 15.1. The van der Waals surface area contributed by atoms with Crippen LogP contribution in [0.15, 0.2) is 84.1 Å². The molecule has 4 nitrogen and oxygen atoms in total. The van der Waals surface area contributed by atoms with Gasteiger partial charge >= 0.3 is 0 Å². The first-order chi connectivity index (χ1) is 13.3. The summed E-state index contributed by atoms with van der Waals surface area (Å²) in [6.45, 7) is 3.51. The third kappa shape index (κ3) is 5.12. The maximum Gasteiger partial charge on any atom is 0.0659 e. The van der Waals surface area contributed by atoms with Crippen molar-refractivity contribution in [1.82, 2.24) is 19.7 Å². The molecule has 3 heterocycles. The second-order valence-corrected chi connectivity index (χ2v) is 7.44. The standard InChI is InChI=1S/C22H22N4S/c1-4-19(12-20(5-1)17-26-10-3-9-24-26)14-25(16-22-7-11-27-18-22)15-21-6-2-8-23-13-21/h1-13,18H,14-17H2. The minimum Gasteiger partial charge on any atom is -0.290 e. The van der Waals surface area contributed by atoms with Crippen LogP contribution < -0.4 is 0 Å². The lowest BCUT2D eigenvalue weighted by molar-refractivity contribution is 0.247. The van der Waals surface area contributed by atoms with Gasteiger partial charge in [-0.2, -0.15) is 16.4 Å². The van der Waals surface area contributed by atoms with Crippen molar-refractivity contribution in [3.8, 4) is 0 Å². The van der Waals surface area contributed by atoms with Gasteiger partial charge in [-0.15, -0.1) is 0 Å². The van der Waals surface area contributed by atoms with Crippen molar-refractivity contribution >= 4 is 11.3 Å². The molecule has 0 amide bonds. The molecule has 4 aromatic rings. The smallest absolute Gasteiger partial charge is 0.0659 e. The van der Waals surface area contributed by atoms with Gasteiger partial charge in [0.1, 0.15) is 0 Å². The van der Waals surface area contributed by atoms with E-state index in [2.05, 4.69) is 62.1 Å². The van der Waals surface area contributed by atoms with Crippen molar-refractivity contribution < 1.29 is 0 Å². The van der Waals surface area contributed by atoms with Crippen LogP contribution in [0.5, 0.6) is 0 Å². The van der Waals surface area contributed by atoms with Crippen LogP contribution in [0.2, 0.25) is 0 Å². The number of aromatic nitrogens is 3. The molecule has 0 aliphatic rings. The van der Waals surface area contributed by atoms with Gasteiger partial charge in [-0.1, -0.05) is 30.3 Å². The van der Waals surface area contributed by atoms with Crippen molar-refractivity contribution in [3.05, 3.63) is 106 Å². The van der Waals surface area contributed by atoms with Crippen molar-refractivity contribution in [1.29, 1.82) is 0 Å². The van der Waals surface area contributed by atoms with Crippen LogP contribution in [-0.2, 0) is 26.2 Å². The molecule has 5 heteroatoms. The number of hydrogen-bond donors (Lipinski definition) is 0. The lowest BCUT2D eigenvalue weighted by atomic mass is 10.1. The van der Waals surface area contributed by atoms with Crippen molar-refractivity contribution in [2.24, 2.45) is 0 Å². The normalized spacial score (nSPS) is 11.1. The summed E-state index contributed by atoms with van der Waals surface area (Å²) in [6, 6.07) is 17.1. The van der Waals surface area contributed by atoms with E-state index in [1.54, 1.807) is 11.3 Å². The van der Waals surface area contributed by atoms with Crippen molar-refractivity contribution in [2.75, 3.05) is 0 Å². The number of rotatable bonds is 8. The summed E-state index contributed by atoms with van der Waals surface area (Å²) in [5.74, 6) is 0. The van der Waals surface area contributed by atoms with Crippen LogP contribution in [0.1, 0.15) is 22.3 Å². The number of pyridine rings is 1. The number of thiophene rings is 1. The summed E-state index contributed by atoms with van der Waals surface area (Å²) in [6.07, 6.45) is 7.60. The van der Waals surface area contributed by atoms with E-state index >= 15 is 0 Å². The third-order valence-corrected chi connectivity index (χ3v) is 5.15. The predicted octanol–water partition coefficient (Wildman–Crippen LogP) is 4.59. The summed E-state index contributed by atoms with van der Waals surface area (Å²) in [5, 5.41) is 8.68. The highest BCUT2D eigenvalue weighted by molar-refractivity contribution is 7.07. The second-order valence-electron chi connectivity index (χ2n) is 6.66. The molecule has 1 aromatic carbocycles. The van der Waals surface area contributed by atoms with Gasteiger partial charge in [-0.3, -0.25) is 14.6 Å². The molecule has 0 saturated heterocycles. The van der Waals surface area contributed by atoms with Gasteiger partial charge in [0.15, 0.2) is 0 Å². The summed E-state index contributed by atoms with van der Waals surface area (Å²) in [5.41, 5.74) is 5.18. The summed E-state index contributed by atoms with van der Waals surface area (Å²) in [7, 11) is 0. The first-order valence-electron chi connectivity index (χ1n) is 9.03. The Morgan fingerprint density at radius 2 is 1.70 bits per heavy atom. The van der Waals surface area contributed by atoms with Crippen LogP contribution >= 0.6 is 11.3 Å². The van der Waals surface area contributed by atoms with Gasteiger partial charge in [-0.05, 0) is 51.2 Å². The lowest BCUT2D eigenvalue weighted by Crippen LogP contribution is -2.22. The molecule has 27 heavy (non-hydrogen) atoms. The average Bonchev–Trinajstić information content (AvgIpc) is 3.37. The third-order valence-electron chi connectivity index (χ3n) is 4.42. The first-order valence-corrected chi connectivity index (χ1v) is 9.97. The molecule has 0 unspecified atom stereocenters. The van der Waals surface area contributed by atoms with Crippen LogP contribution in [0.3, 0.4) is 0 Å². The summed E-state index contributed by atoms with van der Waals surface area (Å²) >= 11 is 1.75. The quantitative estimate of drug-likeness (QED) is 0.452. The summed E-state index contributed by atoms with van der Waals surface area (Å²) in [4.78, 5) is 6.73. The van der Waals surface area contributed by atoms with Gasteiger partial charge in [0.2, 0.25) is 0 Å². The SMILES string of the molecule is c1cncc(CN(Cc2ccsc2)Cc2cccc(Cn3cccn3)c2)c1. The summed E-state index contributed by atoms with van der Waals surface area (Å²) < 4.78 is 1.96. The molecule has 3 aromatic heterocycles. The van der Waals surface area contributed by atoms with E-state index in [1.165, 1.54) is 22.3 Å². The highest BCUT2D eigenvalue weighted by atomic mass is 32.1. The molecule has 0 atom stereocenters. The van der Waals surface area contributed by atoms with Crippen molar-refractivity contribution in [3.63, 3.8) is 0 Å². The van der Waals surface area contributed by atoms with Gasteiger partial charge in [-0.25, -0.2) is 0 Å². The Morgan fingerprint density at radius 1 is 0.852 bits per heavy atom. The Kier molecular flexibility index (Phi) is 5.72. The van der Waals surface area contributed by atoms with Crippen molar-refractivity contribution in [2.45, 2.75) is 26.2 Å². The Morgan fingerprint density at radius 3 is 2.48 bits per heavy atom. The molecule has 0 radical (unpaired) electrons. The van der Waals surface area contributed by atoms with E-state index < -0.39 is 0 Å². The molecule has 0 N–H and O–H groups in total. The van der Waals surface area contributed by atoms with E-state index in [0.717, 1.165) is 26.2 Å². The molecule has 0 bridgehead atoms. The molecular weight excluding hydrogens is 352 g/mol. The minimum atomic E-state index is 0.800. The fraction of sp³-hybridized carbons (Fsp3) is 0.182.